The van der Waals surface area contributed by atoms with Gasteiger partial charge in [0.25, 0.3) is 0 Å². The van der Waals surface area contributed by atoms with E-state index in [0.717, 1.165) is 16.3 Å². The number of rotatable bonds is 3. The number of carboxylic acids is 1. The van der Waals surface area contributed by atoms with Crippen molar-refractivity contribution in [2.75, 3.05) is 6.26 Å². The number of nitrogens with zero attached hydrogens (tertiary/aromatic N) is 2. The minimum atomic E-state index is -1.01. The molecule has 0 saturated heterocycles. The first kappa shape index (κ1) is 11.7. The average Bonchev–Trinajstić information content (AvgIpc) is 2.72. The van der Waals surface area contributed by atoms with Gasteiger partial charge in [-0.05, 0) is 43.5 Å². The van der Waals surface area contributed by atoms with E-state index in [0.29, 0.717) is 0 Å². The molecule has 1 N–H and O–H groups in total. The van der Waals surface area contributed by atoms with Gasteiger partial charge in [-0.25, -0.2) is 9.48 Å². The van der Waals surface area contributed by atoms with Gasteiger partial charge in [0.2, 0.25) is 0 Å². The molecule has 0 amide bonds. The van der Waals surface area contributed by atoms with Crippen molar-refractivity contribution in [2.24, 2.45) is 0 Å². The highest BCUT2D eigenvalue weighted by molar-refractivity contribution is 7.98. The van der Waals surface area contributed by atoms with Crippen LogP contribution in [0.1, 0.15) is 16.2 Å². The van der Waals surface area contributed by atoms with Gasteiger partial charge in [-0.3, -0.25) is 0 Å². The zero-order chi connectivity index (χ0) is 12.4. The Morgan fingerprint density at radius 2 is 2.00 bits per heavy atom. The number of carboxylic acid groups (broad SMARTS) is 1. The molecular formula is C12H12N2O2S. The first-order valence-electron chi connectivity index (χ1n) is 5.06. The number of carbonyl (C=O) groups is 1. The number of benzene rings is 1. The quantitative estimate of drug-likeness (QED) is 0.848. The molecule has 0 radical (unpaired) electrons. The summed E-state index contributed by atoms with van der Waals surface area (Å²) >= 11 is 1.66. The molecule has 2 rings (SSSR count). The standard InChI is InChI=1S/C12H12N2O2S/c1-8-7-11(12(15)16)13-14(8)9-3-5-10(17-2)6-4-9/h3-7H,1-2H3,(H,15,16). The van der Waals surface area contributed by atoms with Crippen molar-refractivity contribution in [2.45, 2.75) is 11.8 Å². The van der Waals surface area contributed by atoms with Gasteiger partial charge in [0.15, 0.2) is 5.69 Å². The van der Waals surface area contributed by atoms with Crippen LogP contribution in [-0.4, -0.2) is 27.1 Å². The summed E-state index contributed by atoms with van der Waals surface area (Å²) in [6.45, 7) is 1.84. The van der Waals surface area contributed by atoms with Gasteiger partial charge in [0.05, 0.1) is 5.69 Å². The minimum Gasteiger partial charge on any atom is -0.476 e. The lowest BCUT2D eigenvalue weighted by Crippen LogP contribution is -2.02. The fourth-order valence-corrected chi connectivity index (χ4v) is 1.97. The Labute approximate surface area is 103 Å². The maximum atomic E-state index is 10.8. The third kappa shape index (κ3) is 2.34. The predicted molar refractivity (Wildman–Crippen MR) is 67.0 cm³/mol. The third-order valence-corrected chi connectivity index (χ3v) is 3.17. The molecule has 0 aliphatic heterocycles. The van der Waals surface area contributed by atoms with Crippen molar-refractivity contribution >= 4 is 17.7 Å². The van der Waals surface area contributed by atoms with E-state index in [1.165, 1.54) is 0 Å². The lowest BCUT2D eigenvalue weighted by molar-refractivity contribution is 0.0690. The van der Waals surface area contributed by atoms with Gasteiger partial charge >= 0.3 is 5.97 Å². The van der Waals surface area contributed by atoms with E-state index in [1.54, 1.807) is 22.5 Å². The molecule has 0 bridgehead atoms. The van der Waals surface area contributed by atoms with Crippen LogP contribution in [0.2, 0.25) is 0 Å². The molecule has 5 heteroatoms. The Bertz CT molecular complexity index is 546. The van der Waals surface area contributed by atoms with Gasteiger partial charge in [0.1, 0.15) is 0 Å². The van der Waals surface area contributed by atoms with E-state index in [1.807, 2.05) is 37.4 Å². The molecule has 0 atom stereocenters. The molecule has 0 spiro atoms. The van der Waals surface area contributed by atoms with Crippen LogP contribution in [0.15, 0.2) is 35.2 Å². The summed E-state index contributed by atoms with van der Waals surface area (Å²) in [5, 5.41) is 12.9. The predicted octanol–water partition coefficient (Wildman–Crippen LogP) is 2.60. The highest BCUT2D eigenvalue weighted by Crippen LogP contribution is 2.18. The summed E-state index contributed by atoms with van der Waals surface area (Å²) in [5.41, 5.74) is 1.74. The second-order valence-corrected chi connectivity index (χ2v) is 4.47. The minimum absolute atomic E-state index is 0.0662. The third-order valence-electron chi connectivity index (χ3n) is 2.42. The van der Waals surface area contributed by atoms with Gasteiger partial charge in [0, 0.05) is 10.6 Å². The van der Waals surface area contributed by atoms with E-state index >= 15 is 0 Å². The van der Waals surface area contributed by atoms with Crippen molar-refractivity contribution in [1.82, 2.24) is 9.78 Å². The van der Waals surface area contributed by atoms with Crippen LogP contribution in [-0.2, 0) is 0 Å². The van der Waals surface area contributed by atoms with Gasteiger partial charge < -0.3 is 5.11 Å². The van der Waals surface area contributed by atoms with E-state index < -0.39 is 5.97 Å². The molecule has 4 nitrogen and oxygen atoms in total. The van der Waals surface area contributed by atoms with Crippen molar-refractivity contribution < 1.29 is 9.90 Å². The number of hydrogen-bond donors (Lipinski definition) is 1. The topological polar surface area (TPSA) is 55.1 Å². The molecule has 0 aliphatic rings. The number of aryl methyl sites for hydroxylation is 1. The molecule has 0 fully saturated rings. The molecular weight excluding hydrogens is 236 g/mol. The first-order valence-corrected chi connectivity index (χ1v) is 6.28. The molecule has 0 aliphatic carbocycles. The normalized spacial score (nSPS) is 10.5. The first-order chi connectivity index (χ1) is 8.11. The second kappa shape index (κ2) is 4.63. The van der Waals surface area contributed by atoms with Crippen LogP contribution in [0, 0.1) is 6.92 Å². The summed E-state index contributed by atoms with van der Waals surface area (Å²) in [6, 6.07) is 9.39. The molecule has 1 heterocycles. The molecule has 1 aromatic heterocycles. The maximum Gasteiger partial charge on any atom is 0.356 e. The highest BCUT2D eigenvalue weighted by atomic mass is 32.2. The van der Waals surface area contributed by atoms with Gasteiger partial charge in [-0.15, -0.1) is 11.8 Å². The van der Waals surface area contributed by atoms with Crippen molar-refractivity contribution in [1.29, 1.82) is 0 Å². The summed E-state index contributed by atoms with van der Waals surface area (Å²) in [6.07, 6.45) is 2.01. The summed E-state index contributed by atoms with van der Waals surface area (Å²) < 4.78 is 1.63. The molecule has 17 heavy (non-hydrogen) atoms. The fraction of sp³-hybridized carbons (Fsp3) is 0.167. The van der Waals surface area contributed by atoms with Gasteiger partial charge in [-0.2, -0.15) is 5.10 Å². The lowest BCUT2D eigenvalue weighted by atomic mass is 10.3. The monoisotopic (exact) mass is 248 g/mol. The Morgan fingerprint density at radius 1 is 1.35 bits per heavy atom. The SMILES string of the molecule is CSc1ccc(-n2nc(C(=O)O)cc2C)cc1. The Hall–Kier alpha value is -1.75. The zero-order valence-electron chi connectivity index (χ0n) is 9.54. The molecule has 0 unspecified atom stereocenters. The summed E-state index contributed by atoms with van der Waals surface area (Å²) in [5.74, 6) is -1.01. The number of hydrogen-bond acceptors (Lipinski definition) is 3. The molecule has 2 aromatic rings. The van der Waals surface area contributed by atoms with Crippen LogP contribution in [0.3, 0.4) is 0 Å². The van der Waals surface area contributed by atoms with Crippen molar-refractivity contribution in [3.05, 3.63) is 41.7 Å². The average molecular weight is 248 g/mol. The van der Waals surface area contributed by atoms with Crippen LogP contribution < -0.4 is 0 Å². The van der Waals surface area contributed by atoms with E-state index in [9.17, 15) is 4.79 Å². The van der Waals surface area contributed by atoms with Crippen LogP contribution in [0.5, 0.6) is 0 Å². The van der Waals surface area contributed by atoms with Gasteiger partial charge in [-0.1, -0.05) is 0 Å². The summed E-state index contributed by atoms with van der Waals surface area (Å²) in [7, 11) is 0. The molecule has 0 saturated carbocycles. The second-order valence-electron chi connectivity index (χ2n) is 3.59. The Kier molecular flexibility index (Phi) is 3.19. The smallest absolute Gasteiger partial charge is 0.356 e. The molecule has 1 aromatic carbocycles. The van der Waals surface area contributed by atoms with E-state index in [2.05, 4.69) is 5.10 Å². The van der Waals surface area contributed by atoms with Crippen LogP contribution >= 0.6 is 11.8 Å². The summed E-state index contributed by atoms with van der Waals surface area (Å²) in [4.78, 5) is 12.0. The number of aromatic nitrogens is 2. The Balaban J connectivity index is 2.41. The Morgan fingerprint density at radius 3 is 2.47 bits per heavy atom. The van der Waals surface area contributed by atoms with Crippen LogP contribution in [0.4, 0.5) is 0 Å². The van der Waals surface area contributed by atoms with Crippen molar-refractivity contribution in [3.63, 3.8) is 0 Å². The molecule has 88 valence electrons. The largest absolute Gasteiger partial charge is 0.476 e. The van der Waals surface area contributed by atoms with Crippen LogP contribution in [0.25, 0.3) is 5.69 Å². The zero-order valence-corrected chi connectivity index (χ0v) is 10.4. The lowest BCUT2D eigenvalue weighted by Gasteiger charge is -2.04. The fourth-order valence-electron chi connectivity index (χ4n) is 1.56. The van der Waals surface area contributed by atoms with E-state index in [-0.39, 0.29) is 5.69 Å². The number of thioether (sulfide) groups is 1. The van der Waals surface area contributed by atoms with Crippen molar-refractivity contribution in [3.8, 4) is 5.69 Å². The maximum absolute atomic E-state index is 10.8. The highest BCUT2D eigenvalue weighted by Gasteiger charge is 2.11. The van der Waals surface area contributed by atoms with E-state index in [4.69, 9.17) is 5.11 Å². The number of aromatic carboxylic acids is 1.